The summed E-state index contributed by atoms with van der Waals surface area (Å²) in [6, 6.07) is 8.83. The van der Waals surface area contributed by atoms with Crippen molar-refractivity contribution in [2.75, 3.05) is 0 Å². The van der Waals surface area contributed by atoms with Crippen molar-refractivity contribution in [1.82, 2.24) is 24.3 Å². The smallest absolute Gasteiger partial charge is 0.266 e. The van der Waals surface area contributed by atoms with Crippen molar-refractivity contribution in [3.8, 4) is 11.4 Å². The number of aromatic nitrogens is 5. The van der Waals surface area contributed by atoms with E-state index in [4.69, 9.17) is 0 Å². The van der Waals surface area contributed by atoms with E-state index in [-0.39, 0.29) is 5.56 Å². The summed E-state index contributed by atoms with van der Waals surface area (Å²) in [5.41, 5.74) is 1.32. The van der Waals surface area contributed by atoms with Crippen molar-refractivity contribution in [3.05, 3.63) is 65.1 Å². The third kappa shape index (κ3) is 2.89. The summed E-state index contributed by atoms with van der Waals surface area (Å²) in [4.78, 5) is 20.4. The molecule has 0 spiro atoms. The molecule has 3 heterocycles. The minimum atomic E-state index is -0.121. The molecule has 0 unspecified atom stereocenters. The van der Waals surface area contributed by atoms with Crippen LogP contribution in [0.4, 0.5) is 0 Å². The Bertz CT molecular complexity index is 791. The van der Waals surface area contributed by atoms with Crippen molar-refractivity contribution in [3.63, 3.8) is 0 Å². The molecule has 0 aliphatic heterocycles. The number of aryl methyl sites for hydroxylation is 3. The van der Waals surface area contributed by atoms with Crippen LogP contribution in [0, 0.1) is 0 Å². The Kier molecular flexibility index (Phi) is 3.59. The zero-order chi connectivity index (χ0) is 14.7. The summed E-state index contributed by atoms with van der Waals surface area (Å²) >= 11 is 0. The van der Waals surface area contributed by atoms with Gasteiger partial charge in [0.25, 0.3) is 5.56 Å². The number of pyridine rings is 1. The predicted molar refractivity (Wildman–Crippen MR) is 78.6 cm³/mol. The van der Waals surface area contributed by atoms with Crippen molar-refractivity contribution in [1.29, 1.82) is 0 Å². The second-order valence-electron chi connectivity index (χ2n) is 4.70. The SMILES string of the molecule is Cn1ccnc1CCn1nc(-c2ccccn2)ccc1=O. The maximum absolute atomic E-state index is 11.9. The van der Waals surface area contributed by atoms with Gasteiger partial charge in [-0.15, -0.1) is 0 Å². The van der Waals surface area contributed by atoms with Crippen LogP contribution in [0.3, 0.4) is 0 Å². The topological polar surface area (TPSA) is 65.6 Å². The average Bonchev–Trinajstić information content (AvgIpc) is 2.93. The average molecular weight is 281 g/mol. The number of rotatable bonds is 4. The second kappa shape index (κ2) is 5.70. The van der Waals surface area contributed by atoms with Gasteiger partial charge in [-0.25, -0.2) is 9.67 Å². The lowest BCUT2D eigenvalue weighted by atomic mass is 10.2. The Hall–Kier alpha value is -2.76. The van der Waals surface area contributed by atoms with Gasteiger partial charge in [0, 0.05) is 38.1 Å². The van der Waals surface area contributed by atoms with E-state index in [1.165, 1.54) is 10.7 Å². The van der Waals surface area contributed by atoms with Crippen LogP contribution >= 0.6 is 0 Å². The maximum Gasteiger partial charge on any atom is 0.266 e. The lowest BCUT2D eigenvalue weighted by molar-refractivity contribution is 0.561. The van der Waals surface area contributed by atoms with Gasteiger partial charge in [-0.2, -0.15) is 5.10 Å². The highest BCUT2D eigenvalue weighted by Crippen LogP contribution is 2.10. The monoisotopic (exact) mass is 281 g/mol. The maximum atomic E-state index is 11.9. The zero-order valence-electron chi connectivity index (χ0n) is 11.7. The van der Waals surface area contributed by atoms with Gasteiger partial charge in [-0.1, -0.05) is 6.07 Å². The molecule has 21 heavy (non-hydrogen) atoms. The zero-order valence-corrected chi connectivity index (χ0v) is 11.7. The molecule has 0 atom stereocenters. The first-order valence-electron chi connectivity index (χ1n) is 6.70. The van der Waals surface area contributed by atoms with Crippen molar-refractivity contribution >= 4 is 0 Å². The van der Waals surface area contributed by atoms with Gasteiger partial charge in [-0.3, -0.25) is 9.78 Å². The lowest BCUT2D eigenvalue weighted by Gasteiger charge is -2.07. The fraction of sp³-hybridized carbons (Fsp3) is 0.200. The molecule has 6 heteroatoms. The molecule has 0 amide bonds. The fourth-order valence-electron chi connectivity index (χ4n) is 2.10. The van der Waals surface area contributed by atoms with E-state index in [9.17, 15) is 4.79 Å². The highest BCUT2D eigenvalue weighted by molar-refractivity contribution is 5.52. The van der Waals surface area contributed by atoms with Gasteiger partial charge >= 0.3 is 0 Å². The Balaban J connectivity index is 1.85. The Labute approximate surface area is 121 Å². The standard InChI is InChI=1S/C15H15N5O/c1-19-11-9-17-14(19)7-10-20-15(21)6-5-13(18-20)12-4-2-3-8-16-12/h2-6,8-9,11H,7,10H2,1H3. The van der Waals surface area contributed by atoms with Crippen LogP contribution < -0.4 is 5.56 Å². The lowest BCUT2D eigenvalue weighted by Crippen LogP contribution is -2.24. The van der Waals surface area contributed by atoms with E-state index in [0.29, 0.717) is 18.7 Å². The minimum absolute atomic E-state index is 0.121. The number of hydrogen-bond acceptors (Lipinski definition) is 4. The van der Waals surface area contributed by atoms with Crippen molar-refractivity contribution in [2.45, 2.75) is 13.0 Å². The van der Waals surface area contributed by atoms with Gasteiger partial charge < -0.3 is 4.57 Å². The fourth-order valence-corrected chi connectivity index (χ4v) is 2.10. The Morgan fingerprint density at radius 2 is 1.95 bits per heavy atom. The molecule has 106 valence electrons. The molecule has 0 aliphatic rings. The molecule has 0 saturated heterocycles. The van der Waals surface area contributed by atoms with Gasteiger partial charge in [0.15, 0.2) is 0 Å². The van der Waals surface area contributed by atoms with Crippen LogP contribution in [0.1, 0.15) is 5.82 Å². The molecule has 0 aromatic carbocycles. The first-order chi connectivity index (χ1) is 10.2. The molecule has 3 aromatic heterocycles. The summed E-state index contributed by atoms with van der Waals surface area (Å²) < 4.78 is 3.40. The molecule has 0 radical (unpaired) electrons. The molecule has 0 saturated carbocycles. The van der Waals surface area contributed by atoms with Crippen molar-refractivity contribution < 1.29 is 0 Å². The van der Waals surface area contributed by atoms with Crippen LogP contribution in [0.5, 0.6) is 0 Å². The largest absolute Gasteiger partial charge is 0.338 e. The number of imidazole rings is 1. The highest BCUT2D eigenvalue weighted by Gasteiger charge is 2.06. The van der Waals surface area contributed by atoms with Gasteiger partial charge in [0.2, 0.25) is 0 Å². The third-order valence-electron chi connectivity index (χ3n) is 3.26. The quantitative estimate of drug-likeness (QED) is 0.722. The van der Waals surface area contributed by atoms with E-state index in [1.807, 2.05) is 36.0 Å². The van der Waals surface area contributed by atoms with E-state index >= 15 is 0 Å². The van der Waals surface area contributed by atoms with Crippen LogP contribution in [0.15, 0.2) is 53.7 Å². The second-order valence-corrected chi connectivity index (χ2v) is 4.70. The predicted octanol–water partition coefficient (Wildman–Crippen LogP) is 1.28. The molecular formula is C15H15N5O. The van der Waals surface area contributed by atoms with Crippen LogP contribution in [-0.4, -0.2) is 24.3 Å². The summed E-state index contributed by atoms with van der Waals surface area (Å²) in [5, 5.41) is 4.38. The molecule has 0 fully saturated rings. The summed E-state index contributed by atoms with van der Waals surface area (Å²) in [6.45, 7) is 0.490. The van der Waals surface area contributed by atoms with Crippen molar-refractivity contribution in [2.24, 2.45) is 7.05 Å². The normalized spacial score (nSPS) is 10.7. The van der Waals surface area contributed by atoms with E-state index in [0.717, 1.165) is 11.5 Å². The number of nitrogens with zero attached hydrogens (tertiary/aromatic N) is 5. The highest BCUT2D eigenvalue weighted by atomic mass is 16.1. The summed E-state index contributed by atoms with van der Waals surface area (Å²) in [7, 11) is 1.93. The first-order valence-corrected chi connectivity index (χ1v) is 6.70. The first kappa shape index (κ1) is 13.2. The van der Waals surface area contributed by atoms with Gasteiger partial charge in [0.05, 0.1) is 12.2 Å². The minimum Gasteiger partial charge on any atom is -0.338 e. The molecule has 3 rings (SSSR count). The Morgan fingerprint density at radius 3 is 2.67 bits per heavy atom. The molecule has 0 aliphatic carbocycles. The van der Waals surface area contributed by atoms with Crippen LogP contribution in [-0.2, 0) is 20.0 Å². The van der Waals surface area contributed by atoms with Crippen LogP contribution in [0.2, 0.25) is 0 Å². The Morgan fingerprint density at radius 1 is 1.05 bits per heavy atom. The van der Waals surface area contributed by atoms with Gasteiger partial charge in [-0.05, 0) is 18.2 Å². The van der Waals surface area contributed by atoms with Crippen LogP contribution in [0.25, 0.3) is 11.4 Å². The molecule has 0 N–H and O–H groups in total. The molecule has 6 nitrogen and oxygen atoms in total. The summed E-state index contributed by atoms with van der Waals surface area (Å²) in [5.74, 6) is 0.923. The number of hydrogen-bond donors (Lipinski definition) is 0. The van der Waals surface area contributed by atoms with E-state index in [1.54, 1.807) is 18.5 Å². The van der Waals surface area contributed by atoms with Gasteiger partial charge in [0.1, 0.15) is 11.5 Å². The van der Waals surface area contributed by atoms with E-state index in [2.05, 4.69) is 15.1 Å². The van der Waals surface area contributed by atoms with E-state index < -0.39 is 0 Å². The molecule has 3 aromatic rings. The summed E-state index contributed by atoms with van der Waals surface area (Å²) in [6.07, 6.45) is 5.99. The molecule has 0 bridgehead atoms. The third-order valence-corrected chi connectivity index (χ3v) is 3.26. The molecular weight excluding hydrogens is 266 g/mol.